The van der Waals surface area contributed by atoms with Crippen molar-refractivity contribution in [3.05, 3.63) is 29.3 Å². The number of aliphatic hydroxyl groups excluding tert-OH is 1. The van der Waals surface area contributed by atoms with Gasteiger partial charge in [0.1, 0.15) is 5.75 Å². The molecule has 1 heterocycles. The molecule has 4 nitrogen and oxygen atoms in total. The van der Waals surface area contributed by atoms with Gasteiger partial charge in [0.25, 0.3) is 0 Å². The molecule has 0 bridgehead atoms. The number of nitrogens with zero attached hydrogens (tertiary/aromatic N) is 1. The molecule has 1 aromatic rings. The zero-order chi connectivity index (χ0) is 14.5. The van der Waals surface area contributed by atoms with Crippen LogP contribution in [0.5, 0.6) is 5.75 Å². The molecule has 110 valence electrons. The molecule has 20 heavy (non-hydrogen) atoms. The highest BCUT2D eigenvalue weighted by atomic mass is 16.5. The molecule has 0 aromatic heterocycles. The van der Waals surface area contributed by atoms with Gasteiger partial charge in [-0.3, -0.25) is 4.79 Å². The average Bonchev–Trinajstić information content (AvgIpc) is 2.47. The number of methoxy groups -OCH3 is 1. The maximum atomic E-state index is 12.3. The maximum Gasteiger partial charge on any atom is 0.227 e. The third-order valence-electron chi connectivity index (χ3n) is 4.00. The SMILES string of the molecule is COc1ccc(C)cc1CC(=O)N1CCC(CO)CC1. The summed E-state index contributed by atoms with van der Waals surface area (Å²) >= 11 is 0. The van der Waals surface area contributed by atoms with E-state index in [0.717, 1.165) is 42.8 Å². The highest BCUT2D eigenvalue weighted by molar-refractivity contribution is 5.79. The van der Waals surface area contributed by atoms with E-state index in [-0.39, 0.29) is 12.5 Å². The molecule has 1 N–H and O–H groups in total. The number of amides is 1. The van der Waals surface area contributed by atoms with Crippen molar-refractivity contribution in [3.63, 3.8) is 0 Å². The molecule has 1 saturated heterocycles. The normalized spacial score (nSPS) is 16.2. The minimum absolute atomic E-state index is 0.144. The second-order valence-corrected chi connectivity index (χ2v) is 5.50. The predicted molar refractivity (Wildman–Crippen MR) is 77.8 cm³/mol. The zero-order valence-corrected chi connectivity index (χ0v) is 12.3. The Hall–Kier alpha value is -1.55. The lowest BCUT2D eigenvalue weighted by Crippen LogP contribution is -2.40. The third-order valence-corrected chi connectivity index (χ3v) is 4.00. The number of ether oxygens (including phenoxy) is 1. The summed E-state index contributed by atoms with van der Waals surface area (Å²) in [5, 5.41) is 9.13. The summed E-state index contributed by atoms with van der Waals surface area (Å²) in [5.74, 6) is 1.27. The largest absolute Gasteiger partial charge is 0.496 e. The van der Waals surface area contributed by atoms with Gasteiger partial charge in [0.15, 0.2) is 0 Å². The molecule has 4 heteroatoms. The minimum Gasteiger partial charge on any atom is -0.496 e. The zero-order valence-electron chi connectivity index (χ0n) is 12.3. The van der Waals surface area contributed by atoms with E-state index < -0.39 is 0 Å². The Labute approximate surface area is 120 Å². The molecule has 1 fully saturated rings. The molecule has 0 saturated carbocycles. The Morgan fingerprint density at radius 2 is 2.10 bits per heavy atom. The molecular formula is C16H23NO3. The second kappa shape index (κ2) is 6.75. The summed E-state index contributed by atoms with van der Waals surface area (Å²) in [6.45, 7) is 3.74. The van der Waals surface area contributed by atoms with Crippen molar-refractivity contribution >= 4 is 5.91 Å². The molecule has 0 atom stereocenters. The van der Waals surface area contributed by atoms with E-state index in [9.17, 15) is 4.79 Å². The van der Waals surface area contributed by atoms with Gasteiger partial charge in [-0.25, -0.2) is 0 Å². The van der Waals surface area contributed by atoms with Crippen molar-refractivity contribution in [1.29, 1.82) is 0 Å². The molecule has 2 rings (SSSR count). The van der Waals surface area contributed by atoms with Crippen LogP contribution in [0.15, 0.2) is 18.2 Å². The number of carbonyl (C=O) groups is 1. The van der Waals surface area contributed by atoms with Crippen molar-refractivity contribution in [3.8, 4) is 5.75 Å². The van der Waals surface area contributed by atoms with E-state index in [1.807, 2.05) is 30.0 Å². The van der Waals surface area contributed by atoms with Crippen LogP contribution in [-0.2, 0) is 11.2 Å². The lowest BCUT2D eigenvalue weighted by Gasteiger charge is -2.31. The summed E-state index contributed by atoms with van der Waals surface area (Å²) in [7, 11) is 1.63. The van der Waals surface area contributed by atoms with Crippen LogP contribution in [0, 0.1) is 12.8 Å². The first kappa shape index (κ1) is 14.9. The van der Waals surface area contributed by atoms with E-state index in [1.54, 1.807) is 7.11 Å². The number of hydrogen-bond acceptors (Lipinski definition) is 3. The third kappa shape index (κ3) is 3.51. The van der Waals surface area contributed by atoms with E-state index in [4.69, 9.17) is 9.84 Å². The van der Waals surface area contributed by atoms with Crippen LogP contribution in [0.1, 0.15) is 24.0 Å². The number of rotatable bonds is 4. The lowest BCUT2D eigenvalue weighted by molar-refractivity contribution is -0.132. The van der Waals surface area contributed by atoms with Gasteiger partial charge in [-0.15, -0.1) is 0 Å². The molecule has 0 aliphatic carbocycles. The van der Waals surface area contributed by atoms with Gasteiger partial charge in [-0.05, 0) is 31.7 Å². The number of benzene rings is 1. The molecular weight excluding hydrogens is 254 g/mol. The highest BCUT2D eigenvalue weighted by Gasteiger charge is 2.22. The van der Waals surface area contributed by atoms with Crippen LogP contribution < -0.4 is 4.74 Å². The Bertz CT molecular complexity index is 465. The van der Waals surface area contributed by atoms with Gasteiger partial charge < -0.3 is 14.7 Å². The van der Waals surface area contributed by atoms with Crippen LogP contribution >= 0.6 is 0 Å². The van der Waals surface area contributed by atoms with Gasteiger partial charge in [0, 0.05) is 25.3 Å². The fraction of sp³-hybridized carbons (Fsp3) is 0.562. The standard InChI is InChI=1S/C16H23NO3/c1-12-3-4-15(20-2)14(9-12)10-16(19)17-7-5-13(11-18)6-8-17/h3-4,9,13,18H,5-8,10-11H2,1-2H3. The van der Waals surface area contributed by atoms with Crippen molar-refractivity contribution in [2.24, 2.45) is 5.92 Å². The number of aryl methyl sites for hydroxylation is 1. The van der Waals surface area contributed by atoms with Crippen molar-refractivity contribution in [2.75, 3.05) is 26.8 Å². The smallest absolute Gasteiger partial charge is 0.227 e. The van der Waals surface area contributed by atoms with Crippen LogP contribution in [0.2, 0.25) is 0 Å². The Kier molecular flexibility index (Phi) is 5.01. The summed E-state index contributed by atoms with van der Waals surface area (Å²) in [6, 6.07) is 5.91. The van der Waals surface area contributed by atoms with E-state index >= 15 is 0 Å². The monoisotopic (exact) mass is 277 g/mol. The first-order valence-electron chi connectivity index (χ1n) is 7.16. The van der Waals surface area contributed by atoms with Crippen LogP contribution in [0.4, 0.5) is 0 Å². The summed E-state index contributed by atoms with van der Waals surface area (Å²) in [6.07, 6.45) is 2.18. The van der Waals surface area contributed by atoms with Crippen molar-refractivity contribution in [1.82, 2.24) is 4.90 Å². The lowest BCUT2D eigenvalue weighted by atomic mass is 9.97. The predicted octanol–water partition coefficient (Wildman–Crippen LogP) is 1.78. The topological polar surface area (TPSA) is 49.8 Å². The van der Waals surface area contributed by atoms with Crippen molar-refractivity contribution < 1.29 is 14.6 Å². The quantitative estimate of drug-likeness (QED) is 0.912. The number of piperidine rings is 1. The average molecular weight is 277 g/mol. The summed E-state index contributed by atoms with van der Waals surface area (Å²) < 4.78 is 5.32. The van der Waals surface area contributed by atoms with Crippen LogP contribution in [0.3, 0.4) is 0 Å². The number of aliphatic hydroxyl groups is 1. The first-order chi connectivity index (χ1) is 9.63. The first-order valence-corrected chi connectivity index (χ1v) is 7.16. The minimum atomic E-state index is 0.144. The Morgan fingerprint density at radius 3 is 2.70 bits per heavy atom. The summed E-state index contributed by atoms with van der Waals surface area (Å²) in [5.41, 5.74) is 2.08. The molecule has 1 aromatic carbocycles. The molecule has 0 radical (unpaired) electrons. The molecule has 0 unspecified atom stereocenters. The van der Waals surface area contributed by atoms with Gasteiger partial charge in [-0.2, -0.15) is 0 Å². The van der Waals surface area contributed by atoms with Crippen molar-refractivity contribution in [2.45, 2.75) is 26.2 Å². The fourth-order valence-electron chi connectivity index (χ4n) is 2.69. The number of hydrogen-bond donors (Lipinski definition) is 1. The van der Waals surface area contributed by atoms with Gasteiger partial charge in [0.2, 0.25) is 5.91 Å². The second-order valence-electron chi connectivity index (χ2n) is 5.50. The maximum absolute atomic E-state index is 12.3. The van der Waals surface area contributed by atoms with E-state index in [2.05, 4.69) is 0 Å². The molecule has 1 aliphatic rings. The fourth-order valence-corrected chi connectivity index (χ4v) is 2.69. The molecule has 1 aliphatic heterocycles. The summed E-state index contributed by atoms with van der Waals surface area (Å²) in [4.78, 5) is 14.2. The number of carbonyl (C=O) groups excluding carboxylic acids is 1. The van der Waals surface area contributed by atoms with Gasteiger partial charge >= 0.3 is 0 Å². The van der Waals surface area contributed by atoms with Gasteiger partial charge in [-0.1, -0.05) is 17.7 Å². The highest BCUT2D eigenvalue weighted by Crippen LogP contribution is 2.22. The Balaban J connectivity index is 1.99. The van der Waals surface area contributed by atoms with E-state index in [1.165, 1.54) is 0 Å². The van der Waals surface area contributed by atoms with Crippen LogP contribution in [-0.4, -0.2) is 42.7 Å². The molecule has 1 amide bonds. The molecule has 0 spiro atoms. The Morgan fingerprint density at radius 1 is 1.40 bits per heavy atom. The number of likely N-dealkylation sites (tertiary alicyclic amines) is 1. The van der Waals surface area contributed by atoms with E-state index in [0.29, 0.717) is 12.3 Å². The van der Waals surface area contributed by atoms with Crippen LogP contribution in [0.25, 0.3) is 0 Å². The van der Waals surface area contributed by atoms with Gasteiger partial charge in [0.05, 0.1) is 13.5 Å².